The van der Waals surface area contributed by atoms with Crippen LogP contribution in [0, 0.1) is 41.7 Å². The Morgan fingerprint density at radius 1 is 0.611 bits per heavy atom. The van der Waals surface area contributed by atoms with Crippen molar-refractivity contribution in [1.82, 2.24) is 10.6 Å². The molecule has 3 nitrogen and oxygen atoms in total. The maximum Gasteiger partial charge on any atom is 0 e. The van der Waals surface area contributed by atoms with Gasteiger partial charge in [0.25, 0.3) is 0 Å². The molecule has 0 radical (unpaired) electrons. The summed E-state index contributed by atoms with van der Waals surface area (Å²) in [5.74, 6) is 0. The van der Waals surface area contributed by atoms with Crippen LogP contribution in [0.15, 0.2) is 0 Å². The fourth-order valence-corrected chi connectivity index (χ4v) is 1.59. The molecule has 0 aliphatic rings. The first-order chi connectivity index (χ1) is 7.33. The minimum atomic E-state index is -0.140. The summed E-state index contributed by atoms with van der Waals surface area (Å²) in [6.45, 7) is 17.5. The third-order valence-electron chi connectivity index (χ3n) is 4.87. The molecule has 0 aromatic carbocycles. The van der Waals surface area contributed by atoms with Gasteiger partial charge in [0, 0.05) is 41.7 Å². The van der Waals surface area contributed by atoms with Gasteiger partial charge in [0.15, 0.2) is 0 Å². The van der Waals surface area contributed by atoms with E-state index in [1.165, 1.54) is 0 Å². The van der Waals surface area contributed by atoms with Gasteiger partial charge in [0.1, 0.15) is 0 Å². The Morgan fingerprint density at radius 2 is 0.833 bits per heavy atom. The molecule has 4 heteroatoms. The molecule has 0 atom stereocenters. The monoisotopic (exact) mass is 382 g/mol. The summed E-state index contributed by atoms with van der Waals surface area (Å²) in [5, 5.41) is 11.8. The normalized spacial score (nSPS) is 14.3. The topological polar surface area (TPSA) is 38.2 Å². The van der Waals surface area contributed by atoms with Crippen molar-refractivity contribution in [3.8, 4) is 0 Å². The van der Waals surface area contributed by atoms with E-state index in [-0.39, 0.29) is 63.9 Å². The quantitative estimate of drug-likeness (QED) is 0.741. The molecule has 0 bridgehead atoms. The summed E-state index contributed by atoms with van der Waals surface area (Å²) >= 11 is 0. The average molecular weight is 383 g/mol. The Kier molecular flexibility index (Phi) is 8.15. The third-order valence-corrected chi connectivity index (χ3v) is 4.87. The van der Waals surface area contributed by atoms with E-state index in [1.807, 2.05) is 14.1 Å². The predicted octanol–water partition coefficient (Wildman–Crippen LogP) is 2.91. The zero-order chi connectivity index (χ0) is 14.1. The maximum absolute atomic E-state index is 5.10. The predicted molar refractivity (Wildman–Crippen MR) is 77.8 cm³/mol. The first kappa shape index (κ1) is 21.6. The molecule has 0 aliphatic heterocycles. The molecule has 0 spiro atoms. The van der Waals surface area contributed by atoms with Crippen LogP contribution in [-0.4, -0.2) is 36.3 Å². The summed E-state index contributed by atoms with van der Waals surface area (Å²) in [4.78, 5) is 0. The van der Waals surface area contributed by atoms with Crippen LogP contribution in [0.2, 0.25) is 0 Å². The molecule has 108 valence electrons. The van der Waals surface area contributed by atoms with Crippen LogP contribution in [0.1, 0.15) is 55.4 Å². The molecule has 0 saturated heterocycles. The molecular weight excluding hydrogens is 350 g/mol. The molecule has 2 N–H and O–H groups in total. The van der Waals surface area contributed by atoms with E-state index in [0.717, 1.165) is 0 Å². The number of likely N-dealkylation sites (N-methyl/N-ethyl adjacent to an activating group) is 2. The largest absolute Gasteiger partial charge is 0.649 e. The molecule has 0 heterocycles. The van der Waals surface area contributed by atoms with Crippen LogP contribution in [0.5, 0.6) is 0 Å². The molecule has 0 rings (SSSR count). The Morgan fingerprint density at radius 3 is 1.00 bits per heavy atom. The van der Waals surface area contributed by atoms with Gasteiger partial charge in [0.05, 0.1) is 0 Å². The van der Waals surface area contributed by atoms with Crippen LogP contribution < -0.4 is 10.6 Å². The van der Waals surface area contributed by atoms with Gasteiger partial charge in [0.2, 0.25) is 0 Å². The van der Waals surface area contributed by atoms with Gasteiger partial charge in [-0.05, 0) is 52.9 Å². The summed E-state index contributed by atoms with van der Waals surface area (Å²) in [6.07, 6.45) is 0. The molecule has 0 aromatic rings. The standard InChI is InChI=1S/C14H32N3.Ce/c1-11(2,15-9)13(5,6)17-14(7,8)12(3,4)16-10;/h15-16H,1-10H3;/q-1;. The zero-order valence-corrected chi connectivity index (χ0v) is 17.1. The van der Waals surface area contributed by atoms with E-state index in [9.17, 15) is 0 Å². The van der Waals surface area contributed by atoms with Crippen molar-refractivity contribution in [2.75, 3.05) is 14.1 Å². The molecule has 0 unspecified atom stereocenters. The number of hydrogen-bond donors (Lipinski definition) is 2. The zero-order valence-electron chi connectivity index (χ0n) is 13.9. The van der Waals surface area contributed by atoms with Gasteiger partial charge in [-0.15, -0.1) is 11.1 Å². The van der Waals surface area contributed by atoms with Crippen LogP contribution in [-0.2, 0) is 0 Å². The van der Waals surface area contributed by atoms with E-state index in [1.54, 1.807) is 0 Å². The van der Waals surface area contributed by atoms with E-state index < -0.39 is 0 Å². The molecule has 0 fully saturated rings. The van der Waals surface area contributed by atoms with Gasteiger partial charge in [-0.1, -0.05) is 27.7 Å². The number of hydrogen-bond acceptors (Lipinski definition) is 2. The summed E-state index contributed by atoms with van der Waals surface area (Å²) in [5.41, 5.74) is -0.346. The van der Waals surface area contributed by atoms with Crippen LogP contribution in [0.4, 0.5) is 0 Å². The first-order valence-corrected chi connectivity index (χ1v) is 6.45. The Bertz CT molecular complexity index is 232. The van der Waals surface area contributed by atoms with Gasteiger partial charge in [-0.2, -0.15) is 0 Å². The molecule has 0 amide bonds. The molecule has 0 aromatic heterocycles. The summed E-state index contributed by atoms with van der Waals surface area (Å²) < 4.78 is 0. The first-order valence-electron chi connectivity index (χ1n) is 6.45. The number of rotatable bonds is 6. The smallest absolute Gasteiger partial charge is 0 e. The minimum absolute atomic E-state index is 0. The SMILES string of the molecule is CNC(C)(C)C(C)(C)[N-]C(C)(C)C(C)(C)NC.[Ce]. The van der Waals surface area contributed by atoms with Crippen LogP contribution in [0.25, 0.3) is 5.32 Å². The second-order valence-electron chi connectivity index (χ2n) is 6.98. The Balaban J connectivity index is 0. The second-order valence-corrected chi connectivity index (χ2v) is 6.98. The Labute approximate surface area is 148 Å². The average Bonchev–Trinajstić information content (AvgIpc) is 2.15. The molecule has 0 saturated carbocycles. The van der Waals surface area contributed by atoms with Crippen molar-refractivity contribution in [2.24, 2.45) is 0 Å². The fraction of sp³-hybridized carbons (Fsp3) is 1.00. The maximum atomic E-state index is 5.10. The minimum Gasteiger partial charge on any atom is -0.649 e. The van der Waals surface area contributed by atoms with Crippen molar-refractivity contribution in [1.29, 1.82) is 0 Å². The van der Waals surface area contributed by atoms with E-state index >= 15 is 0 Å². The van der Waals surface area contributed by atoms with Crippen molar-refractivity contribution in [2.45, 2.75) is 77.5 Å². The van der Waals surface area contributed by atoms with Crippen molar-refractivity contribution in [3.05, 3.63) is 5.32 Å². The van der Waals surface area contributed by atoms with E-state index in [0.29, 0.717) is 0 Å². The third kappa shape index (κ3) is 4.67. The van der Waals surface area contributed by atoms with Gasteiger partial charge >= 0.3 is 0 Å². The van der Waals surface area contributed by atoms with Crippen molar-refractivity contribution >= 4 is 0 Å². The van der Waals surface area contributed by atoms with E-state index in [4.69, 9.17) is 5.32 Å². The summed E-state index contributed by atoms with van der Waals surface area (Å²) in [6, 6.07) is 0. The molecular formula is C14H32CeN3-. The number of nitrogens with zero attached hydrogens (tertiary/aromatic N) is 1. The Hall–Kier alpha value is 1.26. The van der Waals surface area contributed by atoms with Crippen molar-refractivity contribution < 1.29 is 41.7 Å². The molecule has 0 aliphatic carbocycles. The molecule has 18 heavy (non-hydrogen) atoms. The van der Waals surface area contributed by atoms with Crippen molar-refractivity contribution in [3.63, 3.8) is 0 Å². The van der Waals surface area contributed by atoms with Crippen LogP contribution in [0.3, 0.4) is 0 Å². The second kappa shape index (κ2) is 6.81. The van der Waals surface area contributed by atoms with Gasteiger partial charge < -0.3 is 16.0 Å². The summed E-state index contributed by atoms with van der Waals surface area (Å²) in [7, 11) is 3.99. The van der Waals surface area contributed by atoms with E-state index in [2.05, 4.69) is 66.0 Å². The van der Waals surface area contributed by atoms with Gasteiger partial charge in [-0.25, -0.2) is 0 Å². The number of nitrogens with one attached hydrogen (secondary N) is 2. The fourth-order valence-electron chi connectivity index (χ4n) is 1.59. The van der Waals surface area contributed by atoms with Crippen LogP contribution >= 0.6 is 0 Å². The van der Waals surface area contributed by atoms with Gasteiger partial charge in [-0.3, -0.25) is 0 Å².